The number of thioether (sulfide) groups is 1. The zero-order valence-electron chi connectivity index (χ0n) is 14.9. The number of rotatable bonds is 6. The normalized spacial score (nSPS) is 10.6. The molecule has 0 spiro atoms. The molecule has 0 aliphatic carbocycles. The molecule has 0 unspecified atom stereocenters. The number of amides is 1. The summed E-state index contributed by atoms with van der Waals surface area (Å²) in [6.07, 6.45) is 0. The highest BCUT2D eigenvalue weighted by molar-refractivity contribution is 14.1. The number of hydrogen-bond acceptors (Lipinski definition) is 3. The Hall–Kier alpha value is -1.34. The molecule has 2 rings (SSSR count). The fourth-order valence-corrected chi connectivity index (χ4v) is 4.52. The van der Waals surface area contributed by atoms with E-state index in [1.165, 1.54) is 5.56 Å². The quantitative estimate of drug-likeness (QED) is 0.464. The van der Waals surface area contributed by atoms with Gasteiger partial charge in [0.1, 0.15) is 0 Å². The maximum Gasteiger partial charge on any atom is 0.234 e. The number of ketones is 1. The number of carbonyl (C=O) groups excluding carboxylic acids is 2. The first-order valence-electron chi connectivity index (χ1n) is 8.04. The average molecular weight is 467 g/mol. The van der Waals surface area contributed by atoms with Gasteiger partial charge in [0, 0.05) is 14.9 Å². The van der Waals surface area contributed by atoms with E-state index in [1.807, 2.05) is 38.1 Å². The van der Waals surface area contributed by atoms with Crippen molar-refractivity contribution in [3.63, 3.8) is 0 Å². The monoisotopic (exact) mass is 467 g/mol. The van der Waals surface area contributed by atoms with Crippen LogP contribution in [0.15, 0.2) is 30.3 Å². The van der Waals surface area contributed by atoms with Crippen LogP contribution in [-0.2, 0) is 10.5 Å². The molecule has 2 aromatic carbocycles. The average Bonchev–Trinajstić information content (AvgIpc) is 2.52. The second-order valence-corrected chi connectivity index (χ2v) is 8.21. The lowest BCUT2D eigenvalue weighted by molar-refractivity contribution is -0.113. The van der Waals surface area contributed by atoms with E-state index in [2.05, 4.69) is 40.9 Å². The van der Waals surface area contributed by atoms with Crippen LogP contribution in [0.2, 0.25) is 0 Å². The summed E-state index contributed by atoms with van der Waals surface area (Å²) >= 11 is 3.78. The first-order valence-corrected chi connectivity index (χ1v) is 10.3. The smallest absolute Gasteiger partial charge is 0.234 e. The van der Waals surface area contributed by atoms with Gasteiger partial charge in [-0.05, 0) is 84.7 Å². The maximum atomic E-state index is 12.2. The second kappa shape index (κ2) is 8.85. The molecular weight excluding hydrogens is 445 g/mol. The van der Waals surface area contributed by atoms with Crippen molar-refractivity contribution in [2.24, 2.45) is 0 Å². The number of hydrogen-bond donors (Lipinski definition) is 1. The first-order chi connectivity index (χ1) is 11.8. The first kappa shape index (κ1) is 20.0. The minimum atomic E-state index is -0.0108. The number of benzene rings is 2. The minimum Gasteiger partial charge on any atom is -0.324 e. The lowest BCUT2D eigenvalue weighted by Crippen LogP contribution is -2.15. The third-order valence-corrected chi connectivity index (χ3v) is 6.01. The van der Waals surface area contributed by atoms with Crippen LogP contribution < -0.4 is 5.32 Å². The number of Topliss-reactive ketones (excluding diaryl/α,β-unsaturated/α-hetero) is 1. The molecule has 0 aliphatic heterocycles. The Balaban J connectivity index is 2.02. The summed E-state index contributed by atoms with van der Waals surface area (Å²) in [6.45, 7) is 7.64. The van der Waals surface area contributed by atoms with E-state index >= 15 is 0 Å². The van der Waals surface area contributed by atoms with Gasteiger partial charge >= 0.3 is 0 Å². The highest BCUT2D eigenvalue weighted by atomic mass is 127. The summed E-state index contributed by atoms with van der Waals surface area (Å²) < 4.78 is 1.02. The fourth-order valence-electron chi connectivity index (χ4n) is 2.98. The molecule has 0 fully saturated rings. The number of para-hydroxylation sites is 1. The van der Waals surface area contributed by atoms with Gasteiger partial charge in [0.15, 0.2) is 5.78 Å². The van der Waals surface area contributed by atoms with Crippen LogP contribution >= 0.6 is 34.4 Å². The van der Waals surface area contributed by atoms with Crippen molar-refractivity contribution in [1.29, 1.82) is 0 Å². The fraction of sp³-hybridized carbons (Fsp3) is 0.300. The van der Waals surface area contributed by atoms with Crippen LogP contribution in [-0.4, -0.2) is 17.4 Å². The van der Waals surface area contributed by atoms with Crippen molar-refractivity contribution in [3.8, 4) is 0 Å². The van der Waals surface area contributed by atoms with Crippen LogP contribution in [0.3, 0.4) is 0 Å². The molecule has 1 N–H and O–H groups in total. The molecule has 0 saturated heterocycles. The Morgan fingerprint density at radius 2 is 1.80 bits per heavy atom. The summed E-state index contributed by atoms with van der Waals surface area (Å²) in [4.78, 5) is 24.1. The van der Waals surface area contributed by atoms with Gasteiger partial charge in [-0.15, -0.1) is 11.8 Å². The van der Waals surface area contributed by atoms with Crippen LogP contribution in [0.5, 0.6) is 0 Å². The summed E-state index contributed by atoms with van der Waals surface area (Å²) in [5.74, 6) is 1.19. The van der Waals surface area contributed by atoms with Gasteiger partial charge in [-0.25, -0.2) is 0 Å². The molecule has 0 aromatic heterocycles. The number of aryl methyl sites for hydroxylation is 2. The van der Waals surface area contributed by atoms with Gasteiger partial charge in [0.25, 0.3) is 0 Å². The van der Waals surface area contributed by atoms with Gasteiger partial charge in [-0.1, -0.05) is 18.2 Å². The molecular formula is C20H22INO2S. The zero-order valence-corrected chi connectivity index (χ0v) is 17.9. The summed E-state index contributed by atoms with van der Waals surface area (Å²) in [5, 5.41) is 2.94. The van der Waals surface area contributed by atoms with Crippen LogP contribution in [0.1, 0.15) is 39.5 Å². The second-order valence-electron chi connectivity index (χ2n) is 6.07. The Morgan fingerprint density at radius 1 is 1.12 bits per heavy atom. The Bertz CT molecular complexity index is 818. The maximum absolute atomic E-state index is 12.2. The number of halogens is 1. The van der Waals surface area contributed by atoms with Crippen LogP contribution in [0.4, 0.5) is 5.69 Å². The molecule has 0 radical (unpaired) electrons. The predicted molar refractivity (Wildman–Crippen MR) is 115 cm³/mol. The molecule has 3 nitrogen and oxygen atoms in total. The van der Waals surface area contributed by atoms with Crippen LogP contribution in [0, 0.1) is 24.3 Å². The Kier molecular flexibility index (Phi) is 7.07. The predicted octanol–water partition coefficient (Wildman–Crippen LogP) is 5.29. The van der Waals surface area contributed by atoms with Gasteiger partial charge in [0.05, 0.1) is 11.4 Å². The Morgan fingerprint density at radius 3 is 2.44 bits per heavy atom. The highest BCUT2D eigenvalue weighted by Gasteiger charge is 2.14. The van der Waals surface area contributed by atoms with E-state index in [4.69, 9.17) is 0 Å². The van der Waals surface area contributed by atoms with Crippen molar-refractivity contribution in [3.05, 3.63) is 61.7 Å². The summed E-state index contributed by atoms with van der Waals surface area (Å²) in [7, 11) is 0. The summed E-state index contributed by atoms with van der Waals surface area (Å²) in [6, 6.07) is 9.78. The van der Waals surface area contributed by atoms with Crippen LogP contribution in [0.25, 0.3) is 0 Å². The molecule has 0 heterocycles. The van der Waals surface area contributed by atoms with E-state index in [1.54, 1.807) is 18.7 Å². The number of anilines is 1. The zero-order chi connectivity index (χ0) is 18.6. The molecule has 0 saturated carbocycles. The van der Waals surface area contributed by atoms with E-state index in [-0.39, 0.29) is 11.7 Å². The van der Waals surface area contributed by atoms with Crippen molar-refractivity contribution < 1.29 is 9.59 Å². The van der Waals surface area contributed by atoms with Crippen molar-refractivity contribution in [1.82, 2.24) is 0 Å². The topological polar surface area (TPSA) is 46.2 Å². The highest BCUT2D eigenvalue weighted by Crippen LogP contribution is 2.26. The van der Waals surface area contributed by atoms with Gasteiger partial charge < -0.3 is 5.32 Å². The molecule has 0 aliphatic rings. The standard InChI is InChI=1S/C20H22INO2S/c1-12-9-13(2)20(15(4)23)14(3)16(12)10-25-11-19(24)22-18-8-6-5-7-17(18)21/h5-9H,10-11H2,1-4H3,(H,22,24). The molecule has 5 heteroatoms. The van der Waals surface area contributed by atoms with Gasteiger partial charge in [0.2, 0.25) is 5.91 Å². The lowest BCUT2D eigenvalue weighted by atomic mass is 9.92. The largest absolute Gasteiger partial charge is 0.324 e. The van der Waals surface area contributed by atoms with Gasteiger partial charge in [-0.2, -0.15) is 0 Å². The number of nitrogens with one attached hydrogen (secondary N) is 1. The van der Waals surface area contributed by atoms with E-state index < -0.39 is 0 Å². The minimum absolute atomic E-state index is 0.0108. The third-order valence-electron chi connectivity index (χ3n) is 4.11. The molecule has 25 heavy (non-hydrogen) atoms. The molecule has 1 amide bonds. The SMILES string of the molecule is CC(=O)c1c(C)cc(C)c(CSCC(=O)Nc2ccccc2I)c1C. The molecule has 0 atom stereocenters. The van der Waals surface area contributed by atoms with E-state index in [0.29, 0.717) is 5.75 Å². The molecule has 132 valence electrons. The van der Waals surface area contributed by atoms with E-state index in [9.17, 15) is 9.59 Å². The van der Waals surface area contributed by atoms with Crippen molar-refractivity contribution in [2.75, 3.05) is 11.1 Å². The molecule has 0 bridgehead atoms. The number of carbonyl (C=O) groups is 2. The molecule has 2 aromatic rings. The van der Waals surface area contributed by atoms with Crippen molar-refractivity contribution >= 4 is 51.7 Å². The third kappa shape index (κ3) is 5.07. The Labute approximate surface area is 167 Å². The van der Waals surface area contributed by atoms with Gasteiger partial charge in [-0.3, -0.25) is 9.59 Å². The summed E-state index contributed by atoms with van der Waals surface area (Å²) in [5.41, 5.74) is 6.04. The van der Waals surface area contributed by atoms with Crippen molar-refractivity contribution in [2.45, 2.75) is 33.4 Å². The lowest BCUT2D eigenvalue weighted by Gasteiger charge is -2.15. The van der Waals surface area contributed by atoms with E-state index in [0.717, 1.165) is 37.3 Å².